The molecule has 0 N–H and O–H groups in total. The van der Waals surface area contributed by atoms with Gasteiger partial charge in [-0.25, -0.2) is 0 Å². The van der Waals surface area contributed by atoms with Gasteiger partial charge in [0.2, 0.25) is 0 Å². The molecule has 12 heavy (non-hydrogen) atoms. The smallest absolute Gasteiger partial charge is 0.119 e. The van der Waals surface area contributed by atoms with Crippen molar-refractivity contribution in [1.29, 1.82) is 0 Å². The standard InChI is InChI=1S/C10H12O2/c1-8-2-4-9(5-3-8)11-6-10-7-12-10/h2-5,10H,6-7H2,1H3. The van der Waals surface area contributed by atoms with Gasteiger partial charge in [-0.05, 0) is 19.1 Å². The lowest BCUT2D eigenvalue weighted by Gasteiger charge is -2.03. The van der Waals surface area contributed by atoms with Crippen LogP contribution in [0.5, 0.6) is 5.75 Å². The van der Waals surface area contributed by atoms with Crippen molar-refractivity contribution in [2.24, 2.45) is 0 Å². The minimum Gasteiger partial charge on any atom is -0.491 e. The third kappa shape index (κ3) is 1.98. The normalized spacial score (nSPS) is 20.6. The molecule has 1 aromatic carbocycles. The molecule has 1 aromatic rings. The minimum atomic E-state index is 0.339. The van der Waals surface area contributed by atoms with Gasteiger partial charge in [0.15, 0.2) is 0 Å². The molecule has 1 atom stereocenters. The van der Waals surface area contributed by atoms with E-state index in [1.165, 1.54) is 5.56 Å². The summed E-state index contributed by atoms with van der Waals surface area (Å²) in [4.78, 5) is 0. The van der Waals surface area contributed by atoms with Gasteiger partial charge in [0, 0.05) is 0 Å². The van der Waals surface area contributed by atoms with Crippen molar-refractivity contribution in [2.75, 3.05) is 13.2 Å². The van der Waals surface area contributed by atoms with Gasteiger partial charge in [0.1, 0.15) is 18.5 Å². The number of epoxide rings is 1. The van der Waals surface area contributed by atoms with Crippen molar-refractivity contribution in [3.8, 4) is 5.75 Å². The molecule has 0 aromatic heterocycles. The summed E-state index contributed by atoms with van der Waals surface area (Å²) in [6, 6.07) is 8.06. The number of hydrogen-bond acceptors (Lipinski definition) is 2. The van der Waals surface area contributed by atoms with Crippen molar-refractivity contribution in [3.63, 3.8) is 0 Å². The van der Waals surface area contributed by atoms with Crippen LogP contribution < -0.4 is 4.74 Å². The maximum absolute atomic E-state index is 5.46. The summed E-state index contributed by atoms with van der Waals surface area (Å²) in [5.41, 5.74) is 1.25. The van der Waals surface area contributed by atoms with E-state index >= 15 is 0 Å². The average molecular weight is 164 g/mol. The van der Waals surface area contributed by atoms with Crippen LogP contribution in [-0.4, -0.2) is 19.3 Å². The van der Waals surface area contributed by atoms with E-state index in [0.29, 0.717) is 12.7 Å². The van der Waals surface area contributed by atoms with Crippen molar-refractivity contribution in [3.05, 3.63) is 29.8 Å². The molecule has 0 amide bonds. The van der Waals surface area contributed by atoms with Crippen LogP contribution in [0.3, 0.4) is 0 Å². The number of rotatable bonds is 3. The Balaban J connectivity index is 1.89. The monoisotopic (exact) mass is 164 g/mol. The molecule has 1 heterocycles. The quantitative estimate of drug-likeness (QED) is 0.635. The van der Waals surface area contributed by atoms with E-state index in [-0.39, 0.29) is 0 Å². The molecule has 0 saturated carbocycles. The number of ether oxygens (including phenoxy) is 2. The lowest BCUT2D eigenvalue weighted by Crippen LogP contribution is -2.03. The van der Waals surface area contributed by atoms with Crippen LogP contribution in [0.25, 0.3) is 0 Å². The summed E-state index contributed by atoms with van der Waals surface area (Å²) >= 11 is 0. The fraction of sp³-hybridized carbons (Fsp3) is 0.400. The first-order valence-corrected chi connectivity index (χ1v) is 4.16. The third-order valence-electron chi connectivity index (χ3n) is 1.86. The zero-order valence-corrected chi connectivity index (χ0v) is 7.12. The predicted octanol–water partition coefficient (Wildman–Crippen LogP) is 1.77. The Morgan fingerprint density at radius 2 is 2.08 bits per heavy atom. The molecule has 0 spiro atoms. The second-order valence-corrected chi connectivity index (χ2v) is 3.08. The van der Waals surface area contributed by atoms with Crippen molar-refractivity contribution in [2.45, 2.75) is 13.0 Å². The fourth-order valence-corrected chi connectivity index (χ4v) is 0.988. The van der Waals surface area contributed by atoms with Crippen molar-refractivity contribution in [1.82, 2.24) is 0 Å². The van der Waals surface area contributed by atoms with Gasteiger partial charge in [-0.15, -0.1) is 0 Å². The molecule has 64 valence electrons. The Kier molecular flexibility index (Phi) is 2.00. The van der Waals surface area contributed by atoms with Crippen LogP contribution in [0.2, 0.25) is 0 Å². The van der Waals surface area contributed by atoms with Gasteiger partial charge < -0.3 is 9.47 Å². The largest absolute Gasteiger partial charge is 0.491 e. The van der Waals surface area contributed by atoms with Gasteiger partial charge in [0.25, 0.3) is 0 Å². The minimum absolute atomic E-state index is 0.339. The van der Waals surface area contributed by atoms with Crippen LogP contribution in [0.4, 0.5) is 0 Å². The van der Waals surface area contributed by atoms with Crippen LogP contribution >= 0.6 is 0 Å². The summed E-state index contributed by atoms with van der Waals surface area (Å²) in [7, 11) is 0. The summed E-state index contributed by atoms with van der Waals surface area (Å²) in [5, 5.41) is 0. The third-order valence-corrected chi connectivity index (χ3v) is 1.86. The van der Waals surface area contributed by atoms with E-state index in [1.54, 1.807) is 0 Å². The number of benzene rings is 1. The summed E-state index contributed by atoms with van der Waals surface area (Å²) in [6.07, 6.45) is 0.339. The molecule has 2 rings (SSSR count). The van der Waals surface area contributed by atoms with Gasteiger partial charge in [0.05, 0.1) is 6.61 Å². The molecular weight excluding hydrogens is 152 g/mol. The first-order valence-electron chi connectivity index (χ1n) is 4.16. The molecule has 1 aliphatic heterocycles. The molecule has 0 bridgehead atoms. The van der Waals surface area contributed by atoms with E-state index in [0.717, 1.165) is 12.4 Å². The second-order valence-electron chi connectivity index (χ2n) is 3.08. The Labute approximate surface area is 72.1 Å². The average Bonchev–Trinajstić information content (AvgIpc) is 2.87. The summed E-state index contributed by atoms with van der Waals surface area (Å²) in [5.74, 6) is 0.927. The lowest BCUT2D eigenvalue weighted by molar-refractivity contribution is 0.263. The van der Waals surface area contributed by atoms with Crippen LogP contribution in [0, 0.1) is 6.92 Å². The number of hydrogen-bond donors (Lipinski definition) is 0. The van der Waals surface area contributed by atoms with E-state index < -0.39 is 0 Å². The highest BCUT2D eigenvalue weighted by Gasteiger charge is 2.22. The molecule has 0 aliphatic carbocycles. The molecule has 2 nitrogen and oxygen atoms in total. The number of aryl methyl sites for hydroxylation is 1. The molecule has 1 unspecified atom stereocenters. The molecule has 0 radical (unpaired) electrons. The van der Waals surface area contributed by atoms with Crippen molar-refractivity contribution >= 4 is 0 Å². The first kappa shape index (κ1) is 7.62. The first-order chi connectivity index (χ1) is 5.84. The zero-order chi connectivity index (χ0) is 8.39. The van der Waals surface area contributed by atoms with E-state index in [2.05, 4.69) is 6.92 Å². The van der Waals surface area contributed by atoms with Gasteiger partial charge in [-0.3, -0.25) is 0 Å². The van der Waals surface area contributed by atoms with Gasteiger partial charge >= 0.3 is 0 Å². The predicted molar refractivity (Wildman–Crippen MR) is 46.4 cm³/mol. The molecule has 1 fully saturated rings. The van der Waals surface area contributed by atoms with Gasteiger partial charge in [-0.2, -0.15) is 0 Å². The molecule has 1 aliphatic rings. The highest BCUT2D eigenvalue weighted by molar-refractivity contribution is 5.26. The van der Waals surface area contributed by atoms with Crippen LogP contribution in [0.15, 0.2) is 24.3 Å². The lowest BCUT2D eigenvalue weighted by atomic mass is 10.2. The topological polar surface area (TPSA) is 21.8 Å². The van der Waals surface area contributed by atoms with Crippen LogP contribution in [0.1, 0.15) is 5.56 Å². The summed E-state index contributed by atoms with van der Waals surface area (Å²) in [6.45, 7) is 3.60. The fourth-order valence-electron chi connectivity index (χ4n) is 0.988. The van der Waals surface area contributed by atoms with Crippen molar-refractivity contribution < 1.29 is 9.47 Å². The van der Waals surface area contributed by atoms with Gasteiger partial charge in [-0.1, -0.05) is 17.7 Å². The maximum atomic E-state index is 5.46. The molecule has 1 saturated heterocycles. The Hall–Kier alpha value is -1.02. The van der Waals surface area contributed by atoms with E-state index in [9.17, 15) is 0 Å². The highest BCUT2D eigenvalue weighted by Crippen LogP contribution is 2.15. The van der Waals surface area contributed by atoms with E-state index in [4.69, 9.17) is 9.47 Å². The van der Waals surface area contributed by atoms with E-state index in [1.807, 2.05) is 24.3 Å². The highest BCUT2D eigenvalue weighted by atomic mass is 16.6. The Bertz CT molecular complexity index is 249. The molecule has 2 heteroatoms. The second kappa shape index (κ2) is 3.15. The summed E-state index contributed by atoms with van der Waals surface area (Å²) < 4.78 is 10.5. The maximum Gasteiger partial charge on any atom is 0.119 e. The molecular formula is C10H12O2. The SMILES string of the molecule is Cc1ccc(OCC2CO2)cc1. The Morgan fingerprint density at radius 1 is 1.42 bits per heavy atom. The Morgan fingerprint density at radius 3 is 2.67 bits per heavy atom. The zero-order valence-electron chi connectivity index (χ0n) is 7.12. The van der Waals surface area contributed by atoms with Crippen LogP contribution in [-0.2, 0) is 4.74 Å².